The van der Waals surface area contributed by atoms with Gasteiger partial charge < -0.3 is 20.0 Å². The van der Waals surface area contributed by atoms with Crippen molar-refractivity contribution < 1.29 is 9.59 Å². The molecule has 1 amide bonds. The van der Waals surface area contributed by atoms with Gasteiger partial charge in [-0.3, -0.25) is 4.79 Å². The Morgan fingerprint density at radius 2 is 1.90 bits per heavy atom. The molecule has 1 aromatic heterocycles. The van der Waals surface area contributed by atoms with Gasteiger partial charge in [-0.15, -0.1) is 0 Å². The van der Waals surface area contributed by atoms with Crippen LogP contribution in [-0.4, -0.2) is 41.6 Å². The lowest BCUT2D eigenvalue weighted by atomic mass is 9.88. The molecule has 2 heterocycles. The standard InChI is InChI=1S/C25H33N3O2Si/c1-31(2,30)15-14-27-11-10-22-17-23(6-7-24(22)27)25(29)28-12-8-20(9-13-28)21-5-3-4-19(16-21)18-26/h3-7,10-11,16-17,20,30H,8-9,12-15,18,26H2,1-2H3. The van der Waals surface area contributed by atoms with E-state index in [-0.39, 0.29) is 5.91 Å². The lowest BCUT2D eigenvalue weighted by Gasteiger charge is -2.32. The molecule has 3 N–H and O–H groups in total. The predicted octanol–water partition coefficient (Wildman–Crippen LogP) is 4.32. The molecule has 2 aromatic carbocycles. The highest BCUT2D eigenvalue weighted by atomic mass is 28.4. The van der Waals surface area contributed by atoms with Gasteiger partial charge in [0, 0.05) is 48.8 Å². The summed E-state index contributed by atoms with van der Waals surface area (Å²) >= 11 is 0. The number of carbonyl (C=O) groups is 1. The smallest absolute Gasteiger partial charge is 0.253 e. The summed E-state index contributed by atoms with van der Waals surface area (Å²) in [6, 6.07) is 17.4. The minimum atomic E-state index is -2.08. The lowest BCUT2D eigenvalue weighted by molar-refractivity contribution is 0.0713. The molecule has 0 radical (unpaired) electrons. The van der Waals surface area contributed by atoms with Crippen LogP contribution in [0.4, 0.5) is 0 Å². The maximum absolute atomic E-state index is 13.1. The van der Waals surface area contributed by atoms with Crippen LogP contribution in [0.2, 0.25) is 19.1 Å². The Labute approximate surface area is 185 Å². The summed E-state index contributed by atoms with van der Waals surface area (Å²) < 4.78 is 2.18. The summed E-state index contributed by atoms with van der Waals surface area (Å²) in [6.07, 6.45) is 4.03. The second kappa shape index (κ2) is 8.98. The van der Waals surface area contributed by atoms with Gasteiger partial charge in [0.15, 0.2) is 8.32 Å². The van der Waals surface area contributed by atoms with Gasteiger partial charge >= 0.3 is 0 Å². The molecule has 0 atom stereocenters. The van der Waals surface area contributed by atoms with Gasteiger partial charge in [-0.1, -0.05) is 24.3 Å². The first-order valence-corrected chi connectivity index (χ1v) is 14.4. The maximum atomic E-state index is 13.1. The molecule has 1 fully saturated rings. The van der Waals surface area contributed by atoms with Crippen LogP contribution < -0.4 is 5.73 Å². The first kappa shape index (κ1) is 21.8. The van der Waals surface area contributed by atoms with Crippen LogP contribution in [0.5, 0.6) is 0 Å². The third-order valence-corrected chi connectivity index (χ3v) is 7.87. The Morgan fingerprint density at radius 3 is 2.61 bits per heavy atom. The van der Waals surface area contributed by atoms with Gasteiger partial charge in [-0.05, 0) is 73.3 Å². The van der Waals surface area contributed by atoms with Crippen LogP contribution in [0.25, 0.3) is 10.9 Å². The number of piperidine rings is 1. The van der Waals surface area contributed by atoms with E-state index < -0.39 is 8.32 Å². The summed E-state index contributed by atoms with van der Waals surface area (Å²) in [6.45, 7) is 6.87. The molecule has 1 aliphatic heterocycles. The highest BCUT2D eigenvalue weighted by Crippen LogP contribution is 2.29. The van der Waals surface area contributed by atoms with Crippen molar-refractivity contribution in [3.63, 3.8) is 0 Å². The third-order valence-electron chi connectivity index (χ3n) is 6.42. The normalized spacial score (nSPS) is 15.5. The minimum Gasteiger partial charge on any atom is -0.432 e. The number of rotatable bonds is 6. The molecule has 6 heteroatoms. The van der Waals surface area contributed by atoms with Crippen LogP contribution in [0.3, 0.4) is 0 Å². The lowest BCUT2D eigenvalue weighted by Crippen LogP contribution is -2.37. The third kappa shape index (κ3) is 5.09. The molecule has 4 rings (SSSR count). The van der Waals surface area contributed by atoms with E-state index in [9.17, 15) is 9.59 Å². The molecule has 3 aromatic rings. The number of benzene rings is 2. The van der Waals surface area contributed by atoms with E-state index in [0.717, 1.165) is 55.0 Å². The zero-order valence-corrected chi connectivity index (χ0v) is 19.6. The van der Waals surface area contributed by atoms with Crippen LogP contribution in [0.15, 0.2) is 54.7 Å². The van der Waals surface area contributed by atoms with Crippen molar-refractivity contribution in [1.82, 2.24) is 9.47 Å². The highest BCUT2D eigenvalue weighted by molar-refractivity contribution is 6.69. The van der Waals surface area contributed by atoms with Crippen molar-refractivity contribution in [2.45, 2.75) is 51.0 Å². The fourth-order valence-electron chi connectivity index (χ4n) is 4.49. The number of fused-ring (bicyclic) bond motifs is 1. The molecule has 0 bridgehead atoms. The molecule has 0 aliphatic carbocycles. The van der Waals surface area contributed by atoms with Crippen molar-refractivity contribution in [3.8, 4) is 0 Å². The zero-order valence-electron chi connectivity index (χ0n) is 18.6. The molecular weight excluding hydrogens is 402 g/mol. The molecule has 31 heavy (non-hydrogen) atoms. The van der Waals surface area contributed by atoms with E-state index in [1.807, 2.05) is 36.2 Å². The summed E-state index contributed by atoms with van der Waals surface area (Å²) in [5.41, 5.74) is 10.2. The van der Waals surface area contributed by atoms with Gasteiger partial charge in [0.1, 0.15) is 0 Å². The molecule has 0 unspecified atom stereocenters. The van der Waals surface area contributed by atoms with E-state index >= 15 is 0 Å². The van der Waals surface area contributed by atoms with Crippen molar-refractivity contribution in [2.24, 2.45) is 5.73 Å². The Kier molecular flexibility index (Phi) is 6.32. The van der Waals surface area contributed by atoms with Gasteiger partial charge in [0.25, 0.3) is 5.91 Å². The Morgan fingerprint density at radius 1 is 1.13 bits per heavy atom. The first-order valence-electron chi connectivity index (χ1n) is 11.2. The zero-order chi connectivity index (χ0) is 22.0. The summed E-state index contributed by atoms with van der Waals surface area (Å²) in [4.78, 5) is 25.3. The monoisotopic (exact) mass is 435 g/mol. The largest absolute Gasteiger partial charge is 0.432 e. The van der Waals surface area contributed by atoms with Crippen molar-refractivity contribution >= 4 is 25.1 Å². The fourth-order valence-corrected chi connectivity index (χ4v) is 5.28. The molecule has 1 saturated heterocycles. The van der Waals surface area contributed by atoms with E-state index in [1.165, 1.54) is 11.1 Å². The van der Waals surface area contributed by atoms with Gasteiger partial charge in [0.2, 0.25) is 0 Å². The van der Waals surface area contributed by atoms with Crippen molar-refractivity contribution in [1.29, 1.82) is 0 Å². The number of amides is 1. The highest BCUT2D eigenvalue weighted by Gasteiger charge is 2.25. The molecule has 0 saturated carbocycles. The number of nitrogens with two attached hydrogens (primary N) is 1. The second-order valence-corrected chi connectivity index (χ2v) is 13.5. The second-order valence-electron chi connectivity index (χ2n) is 9.36. The average Bonchev–Trinajstić information content (AvgIpc) is 3.19. The van der Waals surface area contributed by atoms with E-state index in [2.05, 4.69) is 41.1 Å². The van der Waals surface area contributed by atoms with E-state index in [1.54, 1.807) is 0 Å². The van der Waals surface area contributed by atoms with Crippen LogP contribution in [0.1, 0.15) is 40.2 Å². The van der Waals surface area contributed by atoms with Crippen molar-refractivity contribution in [3.05, 3.63) is 71.4 Å². The summed E-state index contributed by atoms with van der Waals surface area (Å²) in [7, 11) is -2.08. The van der Waals surface area contributed by atoms with Gasteiger partial charge in [-0.25, -0.2) is 0 Å². The number of likely N-dealkylation sites (tertiary alicyclic amines) is 1. The SMILES string of the molecule is C[Si](C)(O)CCn1ccc2cc(C(=O)N3CCC(c4cccc(CN)c4)CC3)ccc21. The number of hydrogen-bond donors (Lipinski definition) is 2. The number of hydrogen-bond acceptors (Lipinski definition) is 3. The Bertz CT molecular complexity index is 1060. The Balaban J connectivity index is 1.41. The number of nitrogens with zero attached hydrogens (tertiary/aromatic N) is 2. The topological polar surface area (TPSA) is 71.5 Å². The number of aryl methyl sites for hydroxylation is 1. The number of carbonyl (C=O) groups excluding carboxylic acids is 1. The minimum absolute atomic E-state index is 0.118. The first-order chi connectivity index (χ1) is 14.8. The average molecular weight is 436 g/mol. The molecule has 5 nitrogen and oxygen atoms in total. The molecule has 1 aliphatic rings. The molecular formula is C25H33N3O2Si. The van der Waals surface area contributed by atoms with Gasteiger partial charge in [0.05, 0.1) is 0 Å². The number of aromatic nitrogens is 1. The van der Waals surface area contributed by atoms with E-state index in [0.29, 0.717) is 12.5 Å². The summed E-state index contributed by atoms with van der Waals surface area (Å²) in [5.74, 6) is 0.610. The van der Waals surface area contributed by atoms with Crippen LogP contribution in [-0.2, 0) is 13.1 Å². The molecule has 0 spiro atoms. The van der Waals surface area contributed by atoms with Crippen LogP contribution >= 0.6 is 0 Å². The van der Waals surface area contributed by atoms with Crippen LogP contribution in [0, 0.1) is 0 Å². The Hall–Kier alpha value is -2.41. The summed E-state index contributed by atoms with van der Waals surface area (Å²) in [5, 5.41) is 1.08. The van der Waals surface area contributed by atoms with Gasteiger partial charge in [-0.2, -0.15) is 0 Å². The maximum Gasteiger partial charge on any atom is 0.253 e. The fraction of sp³-hybridized carbons (Fsp3) is 0.400. The predicted molar refractivity (Wildman–Crippen MR) is 129 cm³/mol. The quantitative estimate of drug-likeness (QED) is 0.567. The van der Waals surface area contributed by atoms with Crippen molar-refractivity contribution in [2.75, 3.05) is 13.1 Å². The molecule has 164 valence electrons. The van der Waals surface area contributed by atoms with E-state index in [4.69, 9.17) is 5.73 Å².